The first-order valence-corrected chi connectivity index (χ1v) is 8.57. The SMILES string of the molecule is Cc1ccc(Cl)c(COc2ccccc2NS(C)(=O)=O)c1. The molecule has 0 fully saturated rings. The van der Waals surface area contributed by atoms with Gasteiger partial charge in [0.15, 0.2) is 0 Å². The number of aryl methyl sites for hydroxylation is 1. The summed E-state index contributed by atoms with van der Waals surface area (Å²) >= 11 is 6.12. The highest BCUT2D eigenvalue weighted by atomic mass is 35.5. The second kappa shape index (κ2) is 6.37. The van der Waals surface area contributed by atoms with Crippen molar-refractivity contribution in [2.75, 3.05) is 11.0 Å². The van der Waals surface area contributed by atoms with Crippen LogP contribution in [0.3, 0.4) is 0 Å². The number of rotatable bonds is 5. The van der Waals surface area contributed by atoms with Crippen molar-refractivity contribution in [1.29, 1.82) is 0 Å². The van der Waals surface area contributed by atoms with Crippen molar-refractivity contribution in [3.63, 3.8) is 0 Å². The fourth-order valence-corrected chi connectivity index (χ4v) is 2.59. The summed E-state index contributed by atoms with van der Waals surface area (Å²) in [7, 11) is -3.35. The van der Waals surface area contributed by atoms with Crippen LogP contribution in [0.4, 0.5) is 5.69 Å². The second-order valence-corrected chi connectivity index (χ2v) is 6.91. The van der Waals surface area contributed by atoms with Gasteiger partial charge in [-0.05, 0) is 25.1 Å². The van der Waals surface area contributed by atoms with E-state index in [2.05, 4.69) is 4.72 Å². The minimum Gasteiger partial charge on any atom is -0.487 e. The normalized spacial score (nSPS) is 11.2. The molecular formula is C15H16ClNO3S. The Balaban J connectivity index is 2.18. The van der Waals surface area contributed by atoms with E-state index in [1.54, 1.807) is 24.3 Å². The zero-order valence-electron chi connectivity index (χ0n) is 11.8. The molecule has 0 saturated carbocycles. The van der Waals surface area contributed by atoms with Gasteiger partial charge in [0.2, 0.25) is 10.0 Å². The summed E-state index contributed by atoms with van der Waals surface area (Å²) in [6.07, 6.45) is 1.10. The number of sulfonamides is 1. The molecule has 0 aliphatic heterocycles. The van der Waals surface area contributed by atoms with Crippen LogP contribution in [0.1, 0.15) is 11.1 Å². The maximum absolute atomic E-state index is 11.3. The van der Waals surface area contributed by atoms with E-state index in [1.165, 1.54) is 0 Å². The van der Waals surface area contributed by atoms with E-state index in [0.717, 1.165) is 17.4 Å². The summed E-state index contributed by atoms with van der Waals surface area (Å²) in [5.74, 6) is 0.459. The van der Waals surface area contributed by atoms with Crippen LogP contribution < -0.4 is 9.46 Å². The molecule has 2 aromatic rings. The lowest BCUT2D eigenvalue weighted by Crippen LogP contribution is -2.11. The van der Waals surface area contributed by atoms with Gasteiger partial charge in [-0.1, -0.05) is 41.4 Å². The molecule has 2 rings (SSSR count). The first kappa shape index (κ1) is 15.7. The molecule has 0 amide bonds. The first-order chi connectivity index (χ1) is 9.85. The Kier molecular flexibility index (Phi) is 4.75. The van der Waals surface area contributed by atoms with E-state index in [0.29, 0.717) is 16.5 Å². The number of hydrogen-bond acceptors (Lipinski definition) is 3. The summed E-state index contributed by atoms with van der Waals surface area (Å²) < 4.78 is 30.8. The van der Waals surface area contributed by atoms with E-state index in [9.17, 15) is 8.42 Å². The molecule has 0 bridgehead atoms. The highest BCUT2D eigenvalue weighted by Crippen LogP contribution is 2.27. The van der Waals surface area contributed by atoms with Crippen molar-refractivity contribution >= 4 is 27.3 Å². The molecular weight excluding hydrogens is 310 g/mol. The van der Waals surface area contributed by atoms with Crippen LogP contribution in [0.15, 0.2) is 42.5 Å². The van der Waals surface area contributed by atoms with Gasteiger partial charge in [-0.25, -0.2) is 8.42 Å². The van der Waals surface area contributed by atoms with Crippen LogP contribution in [0, 0.1) is 6.92 Å². The number of nitrogens with one attached hydrogen (secondary N) is 1. The third kappa shape index (κ3) is 4.65. The smallest absolute Gasteiger partial charge is 0.229 e. The van der Waals surface area contributed by atoms with Gasteiger partial charge in [0.05, 0.1) is 11.9 Å². The van der Waals surface area contributed by atoms with Crippen LogP contribution in [-0.2, 0) is 16.6 Å². The van der Waals surface area contributed by atoms with Crippen LogP contribution >= 0.6 is 11.6 Å². The third-order valence-electron chi connectivity index (χ3n) is 2.77. The number of benzene rings is 2. The molecule has 0 radical (unpaired) electrons. The van der Waals surface area contributed by atoms with Crippen molar-refractivity contribution in [1.82, 2.24) is 0 Å². The highest BCUT2D eigenvalue weighted by Gasteiger charge is 2.09. The quantitative estimate of drug-likeness (QED) is 0.913. The summed E-state index contributed by atoms with van der Waals surface area (Å²) in [5.41, 5.74) is 2.34. The van der Waals surface area contributed by atoms with Gasteiger partial charge >= 0.3 is 0 Å². The lowest BCUT2D eigenvalue weighted by atomic mass is 10.1. The van der Waals surface area contributed by atoms with Crippen molar-refractivity contribution in [2.45, 2.75) is 13.5 Å². The highest BCUT2D eigenvalue weighted by molar-refractivity contribution is 7.92. The maximum Gasteiger partial charge on any atom is 0.229 e. The van der Waals surface area contributed by atoms with Gasteiger partial charge in [-0.2, -0.15) is 0 Å². The Hall–Kier alpha value is -1.72. The minimum absolute atomic E-state index is 0.267. The molecule has 0 spiro atoms. The van der Waals surface area contributed by atoms with Gasteiger partial charge in [-0.3, -0.25) is 4.72 Å². The molecule has 0 atom stereocenters. The monoisotopic (exact) mass is 325 g/mol. The molecule has 0 heterocycles. The van der Waals surface area contributed by atoms with Gasteiger partial charge in [0.1, 0.15) is 12.4 Å². The Bertz CT molecular complexity index is 744. The molecule has 0 aromatic heterocycles. The maximum atomic E-state index is 11.3. The first-order valence-electron chi connectivity index (χ1n) is 6.30. The summed E-state index contributed by atoms with van der Waals surface area (Å²) in [6, 6.07) is 12.5. The fourth-order valence-electron chi connectivity index (χ4n) is 1.85. The Morgan fingerprint density at radius 1 is 1.19 bits per heavy atom. The van der Waals surface area contributed by atoms with Crippen molar-refractivity contribution in [3.8, 4) is 5.75 Å². The molecule has 1 N–H and O–H groups in total. The van der Waals surface area contributed by atoms with Gasteiger partial charge in [0.25, 0.3) is 0 Å². The molecule has 0 saturated heterocycles. The molecule has 112 valence electrons. The third-order valence-corrected chi connectivity index (χ3v) is 3.73. The summed E-state index contributed by atoms with van der Waals surface area (Å²) in [5, 5.41) is 0.620. The number of anilines is 1. The van der Waals surface area contributed by atoms with E-state index >= 15 is 0 Å². The molecule has 0 aliphatic carbocycles. The molecule has 0 unspecified atom stereocenters. The summed E-state index contributed by atoms with van der Waals surface area (Å²) in [6.45, 7) is 2.24. The van der Waals surface area contributed by atoms with E-state index in [1.807, 2.05) is 25.1 Å². The lowest BCUT2D eigenvalue weighted by molar-refractivity contribution is 0.308. The second-order valence-electron chi connectivity index (χ2n) is 4.75. The van der Waals surface area contributed by atoms with Crippen molar-refractivity contribution in [2.24, 2.45) is 0 Å². The van der Waals surface area contributed by atoms with E-state index in [-0.39, 0.29) is 6.61 Å². The van der Waals surface area contributed by atoms with Gasteiger partial charge in [0, 0.05) is 10.6 Å². The predicted molar refractivity (Wildman–Crippen MR) is 85.4 cm³/mol. The number of halogens is 1. The van der Waals surface area contributed by atoms with E-state index < -0.39 is 10.0 Å². The van der Waals surface area contributed by atoms with Gasteiger partial charge < -0.3 is 4.74 Å². The van der Waals surface area contributed by atoms with Crippen molar-refractivity contribution < 1.29 is 13.2 Å². The number of ether oxygens (including phenoxy) is 1. The standard InChI is InChI=1S/C15H16ClNO3S/c1-11-7-8-13(16)12(9-11)10-20-15-6-4-3-5-14(15)17-21(2,18)19/h3-9,17H,10H2,1-2H3. The van der Waals surface area contributed by atoms with Crippen LogP contribution in [0.2, 0.25) is 5.02 Å². The minimum atomic E-state index is -3.35. The van der Waals surface area contributed by atoms with Crippen molar-refractivity contribution in [3.05, 3.63) is 58.6 Å². The molecule has 4 nitrogen and oxygen atoms in total. The largest absolute Gasteiger partial charge is 0.487 e. The molecule has 6 heteroatoms. The summed E-state index contributed by atoms with van der Waals surface area (Å²) in [4.78, 5) is 0. The molecule has 0 aliphatic rings. The number of para-hydroxylation sites is 2. The van der Waals surface area contributed by atoms with Gasteiger partial charge in [-0.15, -0.1) is 0 Å². The van der Waals surface area contributed by atoms with E-state index in [4.69, 9.17) is 16.3 Å². The Morgan fingerprint density at radius 3 is 2.62 bits per heavy atom. The zero-order valence-corrected chi connectivity index (χ0v) is 13.3. The lowest BCUT2D eigenvalue weighted by Gasteiger charge is -2.13. The number of hydrogen-bond donors (Lipinski definition) is 1. The molecule has 2 aromatic carbocycles. The topological polar surface area (TPSA) is 55.4 Å². The van der Waals surface area contributed by atoms with Crippen LogP contribution in [-0.4, -0.2) is 14.7 Å². The molecule has 21 heavy (non-hydrogen) atoms. The fraction of sp³-hybridized carbons (Fsp3) is 0.200. The predicted octanol–water partition coefficient (Wildman–Crippen LogP) is 3.60. The van der Waals surface area contributed by atoms with Crippen LogP contribution in [0.5, 0.6) is 5.75 Å². The average Bonchev–Trinajstić information content (AvgIpc) is 2.39. The Morgan fingerprint density at radius 2 is 1.90 bits per heavy atom. The average molecular weight is 326 g/mol. The zero-order chi connectivity index (χ0) is 15.5. The van der Waals surface area contributed by atoms with Crippen LogP contribution in [0.25, 0.3) is 0 Å². The Labute approximate surface area is 129 Å².